The van der Waals surface area contributed by atoms with Gasteiger partial charge in [0.2, 0.25) is 0 Å². The third-order valence-electron chi connectivity index (χ3n) is 2.49. The number of anilines is 3. The van der Waals surface area contributed by atoms with Gasteiger partial charge in [0.25, 0.3) is 0 Å². The van der Waals surface area contributed by atoms with Gasteiger partial charge in [-0.1, -0.05) is 12.1 Å². The molecule has 0 aliphatic carbocycles. The summed E-state index contributed by atoms with van der Waals surface area (Å²) < 4.78 is 55.6. The third kappa shape index (κ3) is 2.93. The summed E-state index contributed by atoms with van der Waals surface area (Å²) >= 11 is 0. The first kappa shape index (κ1) is 14.0. The Morgan fingerprint density at radius 3 is 2.45 bits per heavy atom. The van der Waals surface area contributed by atoms with Gasteiger partial charge < -0.3 is 15.8 Å². The molecule has 20 heavy (non-hydrogen) atoms. The van der Waals surface area contributed by atoms with Crippen molar-refractivity contribution in [2.75, 3.05) is 11.1 Å². The van der Waals surface area contributed by atoms with Crippen molar-refractivity contribution in [2.45, 2.75) is 6.61 Å². The molecule has 0 unspecified atom stereocenters. The van der Waals surface area contributed by atoms with Crippen molar-refractivity contribution in [2.24, 2.45) is 0 Å². The Bertz CT molecular complexity index is 619. The molecular weight excluding hydrogens is 276 g/mol. The first-order valence-electron chi connectivity index (χ1n) is 5.53. The number of benzene rings is 2. The summed E-state index contributed by atoms with van der Waals surface area (Å²) in [4.78, 5) is 0. The van der Waals surface area contributed by atoms with E-state index in [1.54, 1.807) is 0 Å². The highest BCUT2D eigenvalue weighted by atomic mass is 19.3. The van der Waals surface area contributed by atoms with Crippen LogP contribution in [0.25, 0.3) is 0 Å². The molecule has 0 fully saturated rings. The number of alkyl halides is 2. The van der Waals surface area contributed by atoms with Crippen molar-refractivity contribution in [3.05, 3.63) is 48.0 Å². The highest BCUT2D eigenvalue weighted by Gasteiger charge is 2.15. The highest BCUT2D eigenvalue weighted by Crippen LogP contribution is 2.33. The predicted octanol–water partition coefficient (Wildman–Crippen LogP) is 3.89. The van der Waals surface area contributed by atoms with E-state index in [4.69, 9.17) is 5.73 Å². The molecule has 0 amide bonds. The molecule has 2 aromatic rings. The normalized spacial score (nSPS) is 10.7. The average molecular weight is 286 g/mol. The van der Waals surface area contributed by atoms with Crippen LogP contribution in [0.2, 0.25) is 0 Å². The summed E-state index contributed by atoms with van der Waals surface area (Å²) in [6.07, 6.45) is 0. The van der Waals surface area contributed by atoms with Crippen molar-refractivity contribution in [1.29, 1.82) is 0 Å². The standard InChI is InChI=1S/C13H10F4N2O/c14-7-5-6-8(18)12(11(7)15)19-9-3-1-2-4-10(9)20-13(16)17/h1-6,13,19H,18H2. The second kappa shape index (κ2) is 5.68. The minimum Gasteiger partial charge on any atom is -0.433 e. The van der Waals surface area contributed by atoms with Crippen LogP contribution in [0.5, 0.6) is 5.75 Å². The summed E-state index contributed by atoms with van der Waals surface area (Å²) in [5.41, 5.74) is 5.18. The van der Waals surface area contributed by atoms with Crippen molar-refractivity contribution in [3.8, 4) is 5.75 Å². The summed E-state index contributed by atoms with van der Waals surface area (Å²) in [5.74, 6) is -2.50. The van der Waals surface area contributed by atoms with Crippen molar-refractivity contribution >= 4 is 17.1 Å². The van der Waals surface area contributed by atoms with E-state index in [0.717, 1.165) is 12.1 Å². The number of hydrogen-bond acceptors (Lipinski definition) is 3. The molecule has 3 nitrogen and oxygen atoms in total. The third-order valence-corrected chi connectivity index (χ3v) is 2.49. The average Bonchev–Trinajstić information content (AvgIpc) is 2.40. The van der Waals surface area contributed by atoms with E-state index >= 15 is 0 Å². The van der Waals surface area contributed by atoms with Crippen molar-refractivity contribution in [1.82, 2.24) is 0 Å². The van der Waals surface area contributed by atoms with Crippen LogP contribution < -0.4 is 15.8 Å². The Morgan fingerprint density at radius 1 is 1.05 bits per heavy atom. The molecule has 0 heterocycles. The van der Waals surface area contributed by atoms with E-state index in [-0.39, 0.29) is 22.8 Å². The van der Waals surface area contributed by atoms with Crippen molar-refractivity contribution < 1.29 is 22.3 Å². The highest BCUT2D eigenvalue weighted by molar-refractivity contribution is 5.75. The number of para-hydroxylation sites is 2. The Labute approximate surface area is 112 Å². The summed E-state index contributed by atoms with van der Waals surface area (Å²) in [6, 6.07) is 7.67. The fourth-order valence-electron chi connectivity index (χ4n) is 1.60. The van der Waals surface area contributed by atoms with Gasteiger partial charge in [-0.2, -0.15) is 8.78 Å². The SMILES string of the molecule is Nc1ccc(F)c(F)c1Nc1ccccc1OC(F)F. The van der Waals surface area contributed by atoms with Crippen LogP contribution in [-0.2, 0) is 0 Å². The Kier molecular flexibility index (Phi) is 3.97. The van der Waals surface area contributed by atoms with Crippen molar-refractivity contribution in [3.63, 3.8) is 0 Å². The molecular formula is C13H10F4N2O. The molecule has 2 aromatic carbocycles. The molecule has 0 atom stereocenters. The van der Waals surface area contributed by atoms with E-state index in [1.165, 1.54) is 24.3 Å². The van der Waals surface area contributed by atoms with Gasteiger partial charge >= 0.3 is 6.61 Å². The Balaban J connectivity index is 2.38. The minimum absolute atomic E-state index is 0.0454. The fraction of sp³-hybridized carbons (Fsp3) is 0.0769. The topological polar surface area (TPSA) is 47.3 Å². The van der Waals surface area contributed by atoms with Crippen LogP contribution in [0.4, 0.5) is 34.6 Å². The molecule has 0 spiro atoms. The number of rotatable bonds is 4. The molecule has 0 aliphatic rings. The zero-order valence-corrected chi connectivity index (χ0v) is 10.0. The van der Waals surface area contributed by atoms with Crippen LogP contribution in [0.1, 0.15) is 0 Å². The maximum Gasteiger partial charge on any atom is 0.387 e. The summed E-state index contributed by atoms with van der Waals surface area (Å²) in [6.45, 7) is -3.03. The van der Waals surface area contributed by atoms with E-state index in [0.29, 0.717) is 0 Å². The summed E-state index contributed by atoms with van der Waals surface area (Å²) in [5, 5.41) is 2.46. The smallest absolute Gasteiger partial charge is 0.387 e. The number of nitrogen functional groups attached to an aromatic ring is 1. The van der Waals surface area contributed by atoms with Gasteiger partial charge in [0.05, 0.1) is 11.4 Å². The van der Waals surface area contributed by atoms with Gasteiger partial charge in [-0.3, -0.25) is 0 Å². The quantitative estimate of drug-likeness (QED) is 0.662. The molecule has 3 N–H and O–H groups in total. The molecule has 0 bridgehead atoms. The lowest BCUT2D eigenvalue weighted by atomic mass is 10.2. The second-order valence-electron chi connectivity index (χ2n) is 3.83. The first-order valence-corrected chi connectivity index (χ1v) is 5.53. The number of hydrogen-bond donors (Lipinski definition) is 2. The second-order valence-corrected chi connectivity index (χ2v) is 3.83. The molecule has 0 aliphatic heterocycles. The number of nitrogens with one attached hydrogen (secondary N) is 1. The monoisotopic (exact) mass is 286 g/mol. The van der Waals surface area contributed by atoms with Gasteiger partial charge in [-0.25, -0.2) is 8.78 Å². The lowest BCUT2D eigenvalue weighted by Gasteiger charge is -2.14. The van der Waals surface area contributed by atoms with E-state index in [1.807, 2.05) is 0 Å². The maximum atomic E-state index is 13.6. The lowest BCUT2D eigenvalue weighted by Crippen LogP contribution is -2.06. The number of ether oxygens (including phenoxy) is 1. The lowest BCUT2D eigenvalue weighted by molar-refractivity contribution is -0.0493. The molecule has 0 aromatic heterocycles. The van der Waals surface area contributed by atoms with Gasteiger partial charge in [-0.15, -0.1) is 0 Å². The van der Waals surface area contributed by atoms with Gasteiger partial charge in [0.1, 0.15) is 11.4 Å². The Morgan fingerprint density at radius 2 is 1.75 bits per heavy atom. The Hall–Kier alpha value is -2.44. The molecule has 106 valence electrons. The van der Waals surface area contributed by atoms with E-state index in [9.17, 15) is 17.6 Å². The first-order chi connectivity index (χ1) is 9.49. The van der Waals surface area contributed by atoms with Crippen LogP contribution in [-0.4, -0.2) is 6.61 Å². The minimum atomic E-state index is -3.03. The van der Waals surface area contributed by atoms with E-state index < -0.39 is 18.2 Å². The predicted molar refractivity (Wildman–Crippen MR) is 67.1 cm³/mol. The van der Waals surface area contributed by atoms with Gasteiger partial charge in [-0.05, 0) is 24.3 Å². The fourth-order valence-corrected chi connectivity index (χ4v) is 1.60. The van der Waals surface area contributed by atoms with Crippen LogP contribution >= 0.6 is 0 Å². The van der Waals surface area contributed by atoms with Gasteiger partial charge in [0, 0.05) is 0 Å². The molecule has 0 saturated heterocycles. The van der Waals surface area contributed by atoms with E-state index in [2.05, 4.69) is 10.1 Å². The van der Waals surface area contributed by atoms with Crippen LogP contribution in [0, 0.1) is 11.6 Å². The molecule has 0 saturated carbocycles. The summed E-state index contributed by atoms with van der Waals surface area (Å²) in [7, 11) is 0. The molecule has 2 rings (SSSR count). The van der Waals surface area contributed by atoms with Crippen LogP contribution in [0.15, 0.2) is 36.4 Å². The molecule has 7 heteroatoms. The van der Waals surface area contributed by atoms with Gasteiger partial charge in [0.15, 0.2) is 11.6 Å². The zero-order valence-electron chi connectivity index (χ0n) is 10.0. The largest absolute Gasteiger partial charge is 0.433 e. The molecule has 0 radical (unpaired) electrons. The maximum absolute atomic E-state index is 13.6. The zero-order chi connectivity index (χ0) is 14.7. The number of nitrogens with two attached hydrogens (primary N) is 1. The van der Waals surface area contributed by atoms with Crippen LogP contribution in [0.3, 0.4) is 0 Å². The number of halogens is 4.